The number of halogens is 3. The highest BCUT2D eigenvalue weighted by Crippen LogP contribution is 2.25. The summed E-state index contributed by atoms with van der Waals surface area (Å²) < 4.78 is 24.5. The molecule has 0 saturated heterocycles. The molecular weight excluding hydrogens is 402 g/mol. The highest BCUT2D eigenvalue weighted by atomic mass is 35.5. The zero-order chi connectivity index (χ0) is 19.7. The fourth-order valence-electron chi connectivity index (χ4n) is 2.83. The van der Waals surface area contributed by atoms with E-state index in [0.29, 0.717) is 37.9 Å². The van der Waals surface area contributed by atoms with Crippen molar-refractivity contribution in [1.82, 2.24) is 0 Å². The molecule has 0 amide bonds. The number of fused-ring (bicyclic) bond motifs is 1. The van der Waals surface area contributed by atoms with Gasteiger partial charge in [-0.3, -0.25) is 4.79 Å². The lowest BCUT2D eigenvalue weighted by molar-refractivity contribution is 0.306. The lowest BCUT2D eigenvalue weighted by Crippen LogP contribution is -2.05. The molecule has 4 aromatic rings. The lowest BCUT2D eigenvalue weighted by atomic mass is 10.1. The highest BCUT2D eigenvalue weighted by molar-refractivity contribution is 6.31. The van der Waals surface area contributed by atoms with Crippen LogP contribution in [0.2, 0.25) is 10.0 Å². The van der Waals surface area contributed by atoms with Crippen LogP contribution in [0.3, 0.4) is 0 Å². The van der Waals surface area contributed by atoms with Crippen molar-refractivity contribution in [3.8, 4) is 16.9 Å². The predicted octanol–water partition coefficient (Wildman–Crippen LogP) is 6.48. The van der Waals surface area contributed by atoms with E-state index in [1.165, 1.54) is 18.4 Å². The van der Waals surface area contributed by atoms with Crippen molar-refractivity contribution in [2.75, 3.05) is 0 Å². The van der Waals surface area contributed by atoms with Gasteiger partial charge in [-0.15, -0.1) is 0 Å². The van der Waals surface area contributed by atoms with Crippen molar-refractivity contribution >= 4 is 34.2 Å². The highest BCUT2D eigenvalue weighted by Gasteiger charge is 2.11. The Balaban J connectivity index is 1.62. The monoisotopic (exact) mass is 414 g/mol. The summed E-state index contributed by atoms with van der Waals surface area (Å²) in [4.78, 5) is 12.8. The number of rotatable bonds is 4. The first-order valence-corrected chi connectivity index (χ1v) is 9.15. The summed E-state index contributed by atoms with van der Waals surface area (Å²) in [5.74, 6) is 0.105. The fraction of sp³-hybridized carbons (Fsp3) is 0.0455. The molecule has 1 aromatic heterocycles. The van der Waals surface area contributed by atoms with Gasteiger partial charge in [-0.2, -0.15) is 0 Å². The van der Waals surface area contributed by atoms with Crippen LogP contribution in [0.1, 0.15) is 5.56 Å². The Morgan fingerprint density at radius 1 is 0.964 bits per heavy atom. The summed E-state index contributed by atoms with van der Waals surface area (Å²) in [6, 6.07) is 16.1. The largest absolute Gasteiger partial charge is 0.489 e. The molecule has 1 heterocycles. The molecule has 140 valence electrons. The molecule has 0 aliphatic carbocycles. The molecule has 0 aliphatic heterocycles. The second-order valence-electron chi connectivity index (χ2n) is 6.17. The van der Waals surface area contributed by atoms with Gasteiger partial charge in [-0.05, 0) is 42.0 Å². The third kappa shape index (κ3) is 3.75. The fourth-order valence-corrected chi connectivity index (χ4v) is 3.17. The Hall–Kier alpha value is -2.82. The predicted molar refractivity (Wildman–Crippen MR) is 109 cm³/mol. The van der Waals surface area contributed by atoms with Crippen LogP contribution in [0.5, 0.6) is 5.75 Å². The molecule has 3 nitrogen and oxygen atoms in total. The molecule has 0 aliphatic rings. The summed E-state index contributed by atoms with van der Waals surface area (Å²) in [5.41, 5.74) is 2.10. The summed E-state index contributed by atoms with van der Waals surface area (Å²) in [6.07, 6.45) is 1.43. The van der Waals surface area contributed by atoms with Crippen LogP contribution in [-0.4, -0.2) is 0 Å². The van der Waals surface area contributed by atoms with Crippen LogP contribution < -0.4 is 10.2 Å². The summed E-state index contributed by atoms with van der Waals surface area (Å²) in [7, 11) is 0. The van der Waals surface area contributed by atoms with Gasteiger partial charge in [-0.1, -0.05) is 41.4 Å². The van der Waals surface area contributed by atoms with Gasteiger partial charge >= 0.3 is 0 Å². The van der Waals surface area contributed by atoms with Crippen molar-refractivity contribution in [2.45, 2.75) is 6.61 Å². The van der Waals surface area contributed by atoms with Gasteiger partial charge < -0.3 is 9.15 Å². The van der Waals surface area contributed by atoms with Gasteiger partial charge in [0.15, 0.2) is 5.43 Å². The smallest absolute Gasteiger partial charge is 0.200 e. The normalized spacial score (nSPS) is 11.0. The van der Waals surface area contributed by atoms with E-state index < -0.39 is 5.82 Å². The van der Waals surface area contributed by atoms with Gasteiger partial charge in [0.2, 0.25) is 0 Å². The number of hydrogen-bond donors (Lipinski definition) is 0. The van der Waals surface area contributed by atoms with Gasteiger partial charge in [0, 0.05) is 16.7 Å². The van der Waals surface area contributed by atoms with E-state index >= 15 is 0 Å². The van der Waals surface area contributed by atoms with E-state index in [2.05, 4.69) is 0 Å². The quantitative estimate of drug-likeness (QED) is 0.383. The molecule has 6 heteroatoms. The zero-order valence-corrected chi connectivity index (χ0v) is 15.9. The Bertz CT molecular complexity index is 1220. The minimum absolute atomic E-state index is 0.142. The van der Waals surface area contributed by atoms with Crippen molar-refractivity contribution in [3.05, 3.63) is 98.6 Å². The average Bonchev–Trinajstić information content (AvgIpc) is 2.68. The maximum atomic E-state index is 13.1. The van der Waals surface area contributed by atoms with E-state index in [-0.39, 0.29) is 12.0 Å². The first-order chi connectivity index (χ1) is 13.5. The molecule has 3 aromatic carbocycles. The van der Waals surface area contributed by atoms with Crippen LogP contribution >= 0.6 is 23.2 Å². The Morgan fingerprint density at radius 2 is 1.75 bits per heavy atom. The van der Waals surface area contributed by atoms with E-state index in [0.717, 1.165) is 5.56 Å². The Kier molecular flexibility index (Phi) is 5.07. The minimum Gasteiger partial charge on any atom is -0.489 e. The van der Waals surface area contributed by atoms with E-state index in [1.807, 2.05) is 0 Å². The standard InChI is InChI=1S/C22H13Cl2FO3/c23-15-4-1-13(2-5-15)19-12-28-21-10-17(7-8-18(21)22(19)26)27-11-14-3-6-16(25)9-20(14)24/h1-10,12H,11H2. The van der Waals surface area contributed by atoms with Gasteiger partial charge in [0.1, 0.15) is 30.0 Å². The van der Waals surface area contributed by atoms with Crippen molar-refractivity contribution in [3.63, 3.8) is 0 Å². The van der Waals surface area contributed by atoms with E-state index in [9.17, 15) is 9.18 Å². The second-order valence-corrected chi connectivity index (χ2v) is 7.01. The molecule has 0 unspecified atom stereocenters. The molecule has 0 fully saturated rings. The minimum atomic E-state index is -0.405. The topological polar surface area (TPSA) is 39.4 Å². The van der Waals surface area contributed by atoms with Gasteiger partial charge in [-0.25, -0.2) is 4.39 Å². The van der Waals surface area contributed by atoms with Crippen molar-refractivity contribution in [1.29, 1.82) is 0 Å². The van der Waals surface area contributed by atoms with Crippen LogP contribution in [0, 0.1) is 5.82 Å². The molecule has 0 N–H and O–H groups in total. The third-order valence-corrected chi connectivity index (χ3v) is 4.91. The Morgan fingerprint density at radius 3 is 2.50 bits per heavy atom. The number of hydrogen-bond acceptors (Lipinski definition) is 3. The first kappa shape index (κ1) is 18.5. The molecular formula is C22H13Cl2FO3. The summed E-state index contributed by atoms with van der Waals surface area (Å²) in [6.45, 7) is 0.164. The SMILES string of the molecule is O=c1c(-c2ccc(Cl)cc2)coc2cc(OCc3ccc(F)cc3Cl)ccc12. The van der Waals surface area contributed by atoms with Gasteiger partial charge in [0.25, 0.3) is 0 Å². The van der Waals surface area contributed by atoms with Crippen LogP contribution in [0.25, 0.3) is 22.1 Å². The lowest BCUT2D eigenvalue weighted by Gasteiger charge is -2.09. The second kappa shape index (κ2) is 7.66. The average molecular weight is 415 g/mol. The molecule has 0 atom stereocenters. The van der Waals surface area contributed by atoms with Gasteiger partial charge in [0.05, 0.1) is 16.0 Å². The van der Waals surface area contributed by atoms with E-state index in [1.54, 1.807) is 48.5 Å². The van der Waals surface area contributed by atoms with Crippen molar-refractivity contribution < 1.29 is 13.5 Å². The summed E-state index contributed by atoms with van der Waals surface area (Å²) in [5, 5.41) is 1.33. The molecule has 0 bridgehead atoms. The third-order valence-electron chi connectivity index (χ3n) is 4.31. The molecule has 4 rings (SSSR count). The van der Waals surface area contributed by atoms with E-state index in [4.69, 9.17) is 32.4 Å². The van der Waals surface area contributed by atoms with Crippen molar-refractivity contribution in [2.24, 2.45) is 0 Å². The zero-order valence-electron chi connectivity index (χ0n) is 14.4. The molecule has 0 spiro atoms. The number of ether oxygens (including phenoxy) is 1. The molecule has 0 radical (unpaired) electrons. The molecule has 0 saturated carbocycles. The van der Waals surface area contributed by atoms with Crippen LogP contribution in [-0.2, 0) is 6.61 Å². The van der Waals surface area contributed by atoms with Crippen LogP contribution in [0.4, 0.5) is 4.39 Å². The molecule has 28 heavy (non-hydrogen) atoms. The maximum Gasteiger partial charge on any atom is 0.200 e. The number of benzene rings is 3. The summed E-state index contributed by atoms with van der Waals surface area (Å²) >= 11 is 11.9. The van der Waals surface area contributed by atoms with Crippen LogP contribution in [0.15, 0.2) is 76.1 Å². The maximum absolute atomic E-state index is 13.1. The Labute approximate surface area is 169 Å². The first-order valence-electron chi connectivity index (χ1n) is 8.39.